The highest BCUT2D eigenvalue weighted by atomic mass is 16.6. The molecule has 1 aromatic rings. The number of benzene rings is 1. The summed E-state index contributed by atoms with van der Waals surface area (Å²) in [6.45, 7) is 0. The smallest absolute Gasteiger partial charge is 0.296 e. The van der Waals surface area contributed by atoms with Gasteiger partial charge >= 0.3 is 0 Å². The van der Waals surface area contributed by atoms with Crippen molar-refractivity contribution < 1.29 is 10.0 Å². The van der Waals surface area contributed by atoms with Crippen molar-refractivity contribution in [3.63, 3.8) is 0 Å². The van der Waals surface area contributed by atoms with Crippen LogP contribution in [0.1, 0.15) is 12.8 Å². The van der Waals surface area contributed by atoms with Gasteiger partial charge < -0.3 is 16.2 Å². The lowest BCUT2D eigenvalue weighted by atomic mass is 9.87. The van der Waals surface area contributed by atoms with Gasteiger partial charge in [-0.3, -0.25) is 10.1 Å². The zero-order chi connectivity index (χ0) is 11.7. The maximum Gasteiger partial charge on any atom is 0.296 e. The first-order valence-electron chi connectivity index (χ1n) is 5.06. The van der Waals surface area contributed by atoms with Crippen molar-refractivity contribution in [1.29, 1.82) is 0 Å². The van der Waals surface area contributed by atoms with Gasteiger partial charge in [-0.25, -0.2) is 0 Å². The second-order valence-corrected chi connectivity index (χ2v) is 4.03. The fourth-order valence-electron chi connectivity index (χ4n) is 1.79. The first-order chi connectivity index (χ1) is 7.56. The number of nitrogens with zero attached hydrogens (tertiary/aromatic N) is 1. The van der Waals surface area contributed by atoms with Crippen molar-refractivity contribution in [3.05, 3.63) is 28.3 Å². The molecule has 0 spiro atoms. The fourth-order valence-corrected chi connectivity index (χ4v) is 1.79. The molecule has 6 heteroatoms. The summed E-state index contributed by atoms with van der Waals surface area (Å²) in [7, 11) is 0. The van der Waals surface area contributed by atoms with Crippen LogP contribution in [0.3, 0.4) is 0 Å². The van der Waals surface area contributed by atoms with Crippen LogP contribution in [-0.4, -0.2) is 22.1 Å². The summed E-state index contributed by atoms with van der Waals surface area (Å²) >= 11 is 0. The van der Waals surface area contributed by atoms with Gasteiger partial charge in [0.2, 0.25) is 0 Å². The summed E-state index contributed by atoms with van der Waals surface area (Å²) in [6.07, 6.45) is 1.63. The minimum atomic E-state index is -0.513. The van der Waals surface area contributed by atoms with Crippen LogP contribution in [0.15, 0.2) is 18.2 Å². The van der Waals surface area contributed by atoms with E-state index in [1.165, 1.54) is 12.1 Å². The van der Waals surface area contributed by atoms with E-state index in [1.54, 1.807) is 0 Å². The first-order valence-corrected chi connectivity index (χ1v) is 5.06. The normalized spacial score (nSPS) is 23.6. The molecule has 1 aliphatic rings. The maximum atomic E-state index is 10.8. The second kappa shape index (κ2) is 3.97. The molecule has 0 saturated heterocycles. The number of anilines is 1. The Hall–Kier alpha value is -1.82. The van der Waals surface area contributed by atoms with E-state index in [2.05, 4.69) is 5.32 Å². The average Bonchev–Trinajstić information content (AvgIpc) is 2.17. The molecule has 1 aliphatic carbocycles. The number of nitrogens with one attached hydrogen (secondary N) is 1. The zero-order valence-electron chi connectivity index (χ0n) is 8.59. The van der Waals surface area contributed by atoms with Gasteiger partial charge in [-0.1, -0.05) is 0 Å². The van der Waals surface area contributed by atoms with Crippen LogP contribution in [0.5, 0.6) is 5.75 Å². The molecule has 1 fully saturated rings. The predicted molar refractivity (Wildman–Crippen MR) is 59.4 cm³/mol. The summed E-state index contributed by atoms with van der Waals surface area (Å²) in [6, 6.07) is 4.46. The molecule has 0 bridgehead atoms. The lowest BCUT2D eigenvalue weighted by molar-refractivity contribution is -0.384. The highest BCUT2D eigenvalue weighted by Crippen LogP contribution is 2.31. The SMILES string of the molecule is NC1CC(Nc2ccc(O)cc2[N+](=O)[O-])C1. The molecule has 0 amide bonds. The predicted octanol–water partition coefficient (Wildman–Crippen LogP) is 1.20. The lowest BCUT2D eigenvalue weighted by Gasteiger charge is -2.33. The van der Waals surface area contributed by atoms with Crippen LogP contribution in [0, 0.1) is 10.1 Å². The molecular weight excluding hydrogens is 210 g/mol. The molecule has 0 aliphatic heterocycles. The standard InChI is InChI=1S/C10H13N3O3/c11-6-3-7(4-6)12-9-2-1-8(14)5-10(9)13(15)16/h1-2,5-7,12,14H,3-4,11H2. The van der Waals surface area contributed by atoms with Crippen LogP contribution >= 0.6 is 0 Å². The van der Waals surface area contributed by atoms with Crippen LogP contribution in [-0.2, 0) is 0 Å². The van der Waals surface area contributed by atoms with Crippen molar-refractivity contribution >= 4 is 11.4 Å². The van der Waals surface area contributed by atoms with E-state index in [4.69, 9.17) is 5.73 Å². The van der Waals surface area contributed by atoms with Crippen molar-refractivity contribution in [2.45, 2.75) is 24.9 Å². The van der Waals surface area contributed by atoms with Gasteiger partial charge in [-0.15, -0.1) is 0 Å². The minimum absolute atomic E-state index is 0.109. The molecule has 6 nitrogen and oxygen atoms in total. The molecular formula is C10H13N3O3. The Balaban J connectivity index is 2.16. The number of rotatable bonds is 3. The van der Waals surface area contributed by atoms with Gasteiger partial charge in [-0.05, 0) is 25.0 Å². The summed E-state index contributed by atoms with van der Waals surface area (Å²) in [5.74, 6) is -0.109. The van der Waals surface area contributed by atoms with Crippen LogP contribution in [0.2, 0.25) is 0 Å². The van der Waals surface area contributed by atoms with Gasteiger partial charge in [0.25, 0.3) is 5.69 Å². The highest BCUT2D eigenvalue weighted by Gasteiger charge is 2.27. The van der Waals surface area contributed by atoms with E-state index in [0.717, 1.165) is 18.9 Å². The topological polar surface area (TPSA) is 101 Å². The van der Waals surface area contributed by atoms with E-state index >= 15 is 0 Å². The molecule has 1 saturated carbocycles. The number of nitro groups is 1. The summed E-state index contributed by atoms with van der Waals surface area (Å²) < 4.78 is 0. The third-order valence-corrected chi connectivity index (χ3v) is 2.71. The van der Waals surface area contributed by atoms with Gasteiger partial charge in [0.15, 0.2) is 0 Å². The molecule has 1 aromatic carbocycles. The third kappa shape index (κ3) is 2.06. The Morgan fingerprint density at radius 2 is 2.19 bits per heavy atom. The Morgan fingerprint density at radius 3 is 2.75 bits per heavy atom. The number of nitrogens with two attached hydrogens (primary N) is 1. The first kappa shape index (κ1) is 10.7. The largest absolute Gasteiger partial charge is 0.508 e. The van der Waals surface area contributed by atoms with E-state index < -0.39 is 4.92 Å². The van der Waals surface area contributed by atoms with Crippen molar-refractivity contribution in [2.24, 2.45) is 5.73 Å². The Kier molecular flexibility index (Phi) is 2.66. The van der Waals surface area contributed by atoms with Crippen molar-refractivity contribution in [3.8, 4) is 5.75 Å². The fraction of sp³-hybridized carbons (Fsp3) is 0.400. The third-order valence-electron chi connectivity index (χ3n) is 2.71. The quantitative estimate of drug-likeness (QED) is 0.406. The Labute approximate surface area is 92.2 Å². The summed E-state index contributed by atoms with van der Waals surface area (Å²) in [5.41, 5.74) is 5.95. The maximum absolute atomic E-state index is 10.8. The van der Waals surface area contributed by atoms with Crippen LogP contribution in [0.4, 0.5) is 11.4 Å². The van der Waals surface area contributed by atoms with Gasteiger partial charge in [0, 0.05) is 12.1 Å². The van der Waals surface area contributed by atoms with Gasteiger partial charge in [0.1, 0.15) is 11.4 Å². The molecule has 0 unspecified atom stereocenters. The molecule has 4 N–H and O–H groups in total. The van der Waals surface area contributed by atoms with Crippen molar-refractivity contribution in [1.82, 2.24) is 0 Å². The molecule has 2 rings (SSSR count). The number of phenols is 1. The van der Waals surface area contributed by atoms with Gasteiger partial charge in [0.05, 0.1) is 11.0 Å². The van der Waals surface area contributed by atoms with E-state index in [9.17, 15) is 15.2 Å². The Bertz CT molecular complexity index is 416. The van der Waals surface area contributed by atoms with Crippen LogP contribution in [0.25, 0.3) is 0 Å². The summed E-state index contributed by atoms with van der Waals surface area (Å²) in [4.78, 5) is 10.2. The summed E-state index contributed by atoms with van der Waals surface area (Å²) in [5, 5.41) is 23.0. The zero-order valence-corrected chi connectivity index (χ0v) is 8.59. The molecule has 86 valence electrons. The number of aromatic hydroxyl groups is 1. The van der Waals surface area contributed by atoms with E-state index in [-0.39, 0.29) is 23.5 Å². The van der Waals surface area contributed by atoms with Crippen LogP contribution < -0.4 is 11.1 Å². The number of hydrogen-bond acceptors (Lipinski definition) is 5. The molecule has 0 radical (unpaired) electrons. The minimum Gasteiger partial charge on any atom is -0.508 e. The van der Waals surface area contributed by atoms with E-state index in [0.29, 0.717) is 5.69 Å². The molecule has 0 heterocycles. The highest BCUT2D eigenvalue weighted by molar-refractivity contribution is 5.64. The molecule has 0 aromatic heterocycles. The Morgan fingerprint density at radius 1 is 1.50 bits per heavy atom. The second-order valence-electron chi connectivity index (χ2n) is 4.03. The number of hydrogen-bond donors (Lipinski definition) is 3. The molecule has 16 heavy (non-hydrogen) atoms. The number of nitro benzene ring substituents is 1. The van der Waals surface area contributed by atoms with E-state index in [1.807, 2.05) is 0 Å². The molecule has 0 atom stereocenters. The van der Waals surface area contributed by atoms with Gasteiger partial charge in [-0.2, -0.15) is 0 Å². The lowest BCUT2D eigenvalue weighted by Crippen LogP contribution is -2.44. The van der Waals surface area contributed by atoms with Crippen molar-refractivity contribution in [2.75, 3.05) is 5.32 Å². The monoisotopic (exact) mass is 223 g/mol. The average molecular weight is 223 g/mol. The number of phenolic OH excluding ortho intramolecular Hbond substituents is 1.